The Kier molecular flexibility index (Phi) is 4.67. The zero-order valence-corrected chi connectivity index (χ0v) is 20.3. The second-order valence-electron chi connectivity index (χ2n) is 9.51. The SMILES string of the molecule is Cc1ccc(-c2c(C)ccc3oc4c(c23)Oc2ccccc2B4c2c(C)cccc2C)[n+](C)c1. The molecule has 5 aromatic rings. The number of nitrogens with zero attached hydrogens (tertiary/aromatic N) is 1. The van der Waals surface area contributed by atoms with Gasteiger partial charge in [0, 0.05) is 11.6 Å². The van der Waals surface area contributed by atoms with Gasteiger partial charge in [0.15, 0.2) is 11.9 Å². The van der Waals surface area contributed by atoms with Crippen molar-refractivity contribution in [3.63, 3.8) is 0 Å². The summed E-state index contributed by atoms with van der Waals surface area (Å²) in [5.41, 5.74) is 11.4. The molecule has 0 unspecified atom stereocenters. The Morgan fingerprint density at radius 2 is 1.53 bits per heavy atom. The Hall–Kier alpha value is -3.79. The zero-order chi connectivity index (χ0) is 23.6. The van der Waals surface area contributed by atoms with E-state index in [1.807, 2.05) is 6.07 Å². The van der Waals surface area contributed by atoms with E-state index >= 15 is 0 Å². The quantitative estimate of drug-likeness (QED) is 0.284. The van der Waals surface area contributed by atoms with Crippen LogP contribution in [-0.4, -0.2) is 6.71 Å². The van der Waals surface area contributed by atoms with Crippen LogP contribution in [0, 0.1) is 27.7 Å². The van der Waals surface area contributed by atoms with Gasteiger partial charge in [0.05, 0.1) is 10.9 Å². The number of ether oxygens (including phenoxy) is 1. The molecule has 4 heteroatoms. The molecule has 3 nitrogen and oxygen atoms in total. The smallest absolute Gasteiger partial charge is 0.297 e. The average molecular weight is 444 g/mol. The molecule has 0 amide bonds. The van der Waals surface area contributed by atoms with E-state index in [-0.39, 0.29) is 6.71 Å². The van der Waals surface area contributed by atoms with E-state index in [2.05, 4.69) is 106 Å². The van der Waals surface area contributed by atoms with Crippen LogP contribution in [0.5, 0.6) is 11.5 Å². The third kappa shape index (κ3) is 3.02. The van der Waals surface area contributed by atoms with E-state index in [0.29, 0.717) is 0 Å². The minimum absolute atomic E-state index is 0.0199. The van der Waals surface area contributed by atoms with Gasteiger partial charge in [0.25, 0.3) is 6.71 Å². The molecule has 0 aliphatic carbocycles. The molecule has 1 aliphatic heterocycles. The number of para-hydroxylation sites is 1. The lowest BCUT2D eigenvalue weighted by Gasteiger charge is -2.25. The van der Waals surface area contributed by atoms with Crippen LogP contribution in [0.2, 0.25) is 0 Å². The lowest BCUT2D eigenvalue weighted by Crippen LogP contribution is -2.56. The Morgan fingerprint density at radius 3 is 2.29 bits per heavy atom. The highest BCUT2D eigenvalue weighted by Crippen LogP contribution is 2.40. The van der Waals surface area contributed by atoms with Crippen LogP contribution in [-0.2, 0) is 7.05 Å². The minimum atomic E-state index is -0.0199. The van der Waals surface area contributed by atoms with Crippen molar-refractivity contribution in [3.8, 4) is 22.8 Å². The van der Waals surface area contributed by atoms with Crippen LogP contribution in [0.25, 0.3) is 22.2 Å². The molecule has 34 heavy (non-hydrogen) atoms. The van der Waals surface area contributed by atoms with E-state index in [9.17, 15) is 0 Å². The fraction of sp³-hybridized carbons (Fsp3) is 0.167. The minimum Gasteiger partial charge on any atom is -0.466 e. The number of pyridine rings is 1. The summed E-state index contributed by atoms with van der Waals surface area (Å²) in [6.45, 7) is 8.63. The predicted octanol–water partition coefficient (Wildman–Crippen LogP) is 4.78. The van der Waals surface area contributed by atoms with Gasteiger partial charge in [-0.1, -0.05) is 59.1 Å². The molecule has 0 radical (unpaired) electrons. The van der Waals surface area contributed by atoms with Crippen molar-refractivity contribution in [1.82, 2.24) is 0 Å². The number of hydrogen-bond acceptors (Lipinski definition) is 2. The molecule has 0 saturated carbocycles. The first-order valence-electron chi connectivity index (χ1n) is 11.8. The molecule has 0 atom stereocenters. The molecule has 3 heterocycles. The monoisotopic (exact) mass is 444 g/mol. The Labute approximate surface area is 200 Å². The van der Waals surface area contributed by atoms with Crippen molar-refractivity contribution in [2.24, 2.45) is 7.05 Å². The fourth-order valence-electron chi connectivity index (χ4n) is 5.55. The van der Waals surface area contributed by atoms with Crippen LogP contribution in [0.4, 0.5) is 0 Å². The van der Waals surface area contributed by atoms with Crippen LogP contribution in [0.1, 0.15) is 22.3 Å². The number of aryl methyl sites for hydroxylation is 5. The summed E-state index contributed by atoms with van der Waals surface area (Å²) in [5.74, 6) is 1.73. The normalized spacial score (nSPS) is 12.4. The highest BCUT2D eigenvalue weighted by atomic mass is 16.5. The van der Waals surface area contributed by atoms with E-state index in [1.54, 1.807) is 0 Å². The molecule has 6 rings (SSSR count). The van der Waals surface area contributed by atoms with Crippen LogP contribution in [0.3, 0.4) is 0 Å². The lowest BCUT2D eigenvalue weighted by molar-refractivity contribution is -0.660. The van der Waals surface area contributed by atoms with Gasteiger partial charge in [-0.2, -0.15) is 0 Å². The van der Waals surface area contributed by atoms with Gasteiger partial charge in [0.1, 0.15) is 24.0 Å². The van der Waals surface area contributed by atoms with Gasteiger partial charge in [-0.05, 0) is 56.9 Å². The van der Waals surface area contributed by atoms with Crippen molar-refractivity contribution < 1.29 is 13.7 Å². The van der Waals surface area contributed by atoms with Gasteiger partial charge >= 0.3 is 0 Å². The summed E-state index contributed by atoms with van der Waals surface area (Å²) >= 11 is 0. The van der Waals surface area contributed by atoms with Crippen molar-refractivity contribution in [2.45, 2.75) is 27.7 Å². The fourth-order valence-corrected chi connectivity index (χ4v) is 5.55. The standard InChI is InChI=1S/C30H27BNO2/c1-18-13-15-23(32(5)17-18)26-19(2)14-16-25-27(26)29-30(34-25)31(22-11-6-7-12-24(22)33-29)28-20(3)9-8-10-21(28)4/h6-17H,1-5H3/q+1. The number of fused-ring (bicyclic) bond motifs is 4. The Balaban J connectivity index is 1.71. The van der Waals surface area contributed by atoms with E-state index in [1.165, 1.54) is 27.7 Å². The highest BCUT2D eigenvalue weighted by molar-refractivity contribution is 6.96. The molecule has 0 bridgehead atoms. The highest BCUT2D eigenvalue weighted by Gasteiger charge is 2.40. The molecule has 0 fully saturated rings. The predicted molar refractivity (Wildman–Crippen MR) is 139 cm³/mol. The summed E-state index contributed by atoms with van der Waals surface area (Å²) in [6, 6.07) is 23.4. The lowest BCUT2D eigenvalue weighted by atomic mass is 9.36. The first kappa shape index (κ1) is 20.8. The summed E-state index contributed by atoms with van der Waals surface area (Å²) in [6.07, 6.45) is 2.16. The maximum atomic E-state index is 6.67. The number of hydrogen-bond donors (Lipinski definition) is 0. The molecule has 3 aromatic carbocycles. The summed E-state index contributed by atoms with van der Waals surface area (Å²) < 4.78 is 15.5. The first-order chi connectivity index (χ1) is 16.4. The van der Waals surface area contributed by atoms with Gasteiger partial charge < -0.3 is 9.15 Å². The first-order valence-corrected chi connectivity index (χ1v) is 11.8. The molecular weight excluding hydrogens is 417 g/mol. The summed E-state index contributed by atoms with van der Waals surface area (Å²) in [5, 5.41) is 1.04. The van der Waals surface area contributed by atoms with E-state index in [4.69, 9.17) is 9.15 Å². The summed E-state index contributed by atoms with van der Waals surface area (Å²) in [7, 11) is 2.10. The third-order valence-corrected chi connectivity index (χ3v) is 7.12. The van der Waals surface area contributed by atoms with Gasteiger partial charge in [-0.25, -0.2) is 4.57 Å². The maximum absolute atomic E-state index is 6.67. The maximum Gasteiger partial charge on any atom is 0.297 e. The second-order valence-corrected chi connectivity index (χ2v) is 9.51. The van der Waals surface area contributed by atoms with E-state index < -0.39 is 0 Å². The summed E-state index contributed by atoms with van der Waals surface area (Å²) in [4.78, 5) is 0. The van der Waals surface area contributed by atoms with Gasteiger partial charge in [-0.3, -0.25) is 0 Å². The number of furan rings is 1. The number of benzene rings is 3. The van der Waals surface area contributed by atoms with Crippen molar-refractivity contribution in [2.75, 3.05) is 0 Å². The molecule has 0 spiro atoms. The molecule has 0 N–H and O–H groups in total. The van der Waals surface area contributed by atoms with Crippen LogP contribution in [0.15, 0.2) is 77.3 Å². The van der Waals surface area contributed by atoms with Gasteiger partial charge in [-0.15, -0.1) is 0 Å². The molecule has 2 aromatic heterocycles. The van der Waals surface area contributed by atoms with Crippen molar-refractivity contribution >= 4 is 34.3 Å². The zero-order valence-electron chi connectivity index (χ0n) is 20.3. The molecule has 166 valence electrons. The third-order valence-electron chi connectivity index (χ3n) is 7.12. The second kappa shape index (κ2) is 7.63. The van der Waals surface area contributed by atoms with Crippen LogP contribution < -0.4 is 25.9 Å². The molecular formula is C30H27BNO2+. The van der Waals surface area contributed by atoms with Crippen LogP contribution >= 0.6 is 0 Å². The average Bonchev–Trinajstić information content (AvgIpc) is 3.17. The molecule has 1 aliphatic rings. The molecule has 0 saturated heterocycles. The largest absolute Gasteiger partial charge is 0.466 e. The van der Waals surface area contributed by atoms with Crippen molar-refractivity contribution in [3.05, 3.63) is 95.2 Å². The Morgan fingerprint density at radius 1 is 0.765 bits per heavy atom. The topological polar surface area (TPSA) is 26.2 Å². The number of aromatic nitrogens is 1. The Bertz CT molecular complexity index is 1580. The van der Waals surface area contributed by atoms with Gasteiger partial charge in [0.2, 0.25) is 5.69 Å². The van der Waals surface area contributed by atoms with Crippen molar-refractivity contribution in [1.29, 1.82) is 0 Å². The number of rotatable bonds is 2. The van der Waals surface area contributed by atoms with E-state index in [0.717, 1.165) is 44.8 Å².